The van der Waals surface area contributed by atoms with Crippen LogP contribution in [0.25, 0.3) is 0 Å². The number of esters is 5. The molecular formula is C21H31NO13. The topological polar surface area (TPSA) is 179 Å². The number of rotatable bonds is 7. The molecule has 35 heavy (non-hydrogen) atoms. The van der Waals surface area contributed by atoms with E-state index in [2.05, 4.69) is 5.32 Å². The van der Waals surface area contributed by atoms with Crippen molar-refractivity contribution in [3.05, 3.63) is 0 Å². The molecule has 0 bridgehead atoms. The number of nitrogens with one attached hydrogen (secondary N) is 1. The minimum absolute atomic E-state index is 0.871. The van der Waals surface area contributed by atoms with Gasteiger partial charge in [-0.05, 0) is 20.8 Å². The van der Waals surface area contributed by atoms with Crippen LogP contribution in [0.1, 0.15) is 48.5 Å². The number of hydrogen-bond donors (Lipinski definition) is 1. The molecular weight excluding hydrogens is 474 g/mol. The first-order valence-corrected chi connectivity index (χ1v) is 10.5. The third-order valence-electron chi connectivity index (χ3n) is 4.18. The van der Waals surface area contributed by atoms with Crippen molar-refractivity contribution in [3.63, 3.8) is 0 Å². The number of hydrogen-bond acceptors (Lipinski definition) is 13. The zero-order valence-corrected chi connectivity index (χ0v) is 20.8. The second-order valence-corrected chi connectivity index (χ2v) is 8.45. The van der Waals surface area contributed by atoms with Gasteiger partial charge < -0.3 is 38.5 Å². The molecule has 0 unspecified atom stereocenters. The SMILES string of the molecule is COC(=O)[C@H](NC(=O)OC(C)(C)C)[C@@H]1O[C@H](OC(C)=O)[C@@H](OC(C)=O)[C@@H](OC(C)=O)[C@H]1OC(C)=O. The summed E-state index contributed by atoms with van der Waals surface area (Å²) in [5.74, 6) is -4.60. The first kappa shape index (κ1) is 29.6. The van der Waals surface area contributed by atoms with Crippen LogP contribution in [0.15, 0.2) is 0 Å². The van der Waals surface area contributed by atoms with Gasteiger partial charge in [0.1, 0.15) is 11.7 Å². The largest absolute Gasteiger partial charge is 0.467 e. The lowest BCUT2D eigenvalue weighted by atomic mass is 9.93. The highest BCUT2D eigenvalue weighted by molar-refractivity contribution is 5.82. The number of carbonyl (C=O) groups excluding carboxylic acids is 6. The van der Waals surface area contributed by atoms with Crippen molar-refractivity contribution in [1.82, 2.24) is 5.32 Å². The normalized spacial score (nSPS) is 24.7. The van der Waals surface area contributed by atoms with Crippen molar-refractivity contribution in [2.45, 2.75) is 90.8 Å². The Morgan fingerprint density at radius 3 is 1.63 bits per heavy atom. The molecule has 1 rings (SSSR count). The fourth-order valence-electron chi connectivity index (χ4n) is 3.17. The van der Waals surface area contributed by atoms with E-state index in [0.29, 0.717) is 0 Å². The summed E-state index contributed by atoms with van der Waals surface area (Å²) in [5.41, 5.74) is -0.950. The Balaban J connectivity index is 3.60. The number of ether oxygens (including phenoxy) is 7. The van der Waals surface area contributed by atoms with E-state index in [1.54, 1.807) is 20.8 Å². The minimum atomic E-state index is -1.73. The van der Waals surface area contributed by atoms with Crippen molar-refractivity contribution in [1.29, 1.82) is 0 Å². The molecule has 0 aromatic heterocycles. The standard InChI is InChI=1S/C21H31NO13/c1-9(23)30-15-14(13(18(27)29-8)22-20(28)35-21(5,6)7)34-19(33-12(4)26)17(32-11(3)25)16(15)31-10(2)24/h13-17,19H,1-8H3,(H,22,28)/t13-,14+,15+,16+,17+,19+/m1/s1. The maximum atomic E-state index is 12.6. The van der Waals surface area contributed by atoms with Crippen LogP contribution in [0.2, 0.25) is 0 Å². The van der Waals surface area contributed by atoms with E-state index in [1.165, 1.54) is 0 Å². The summed E-state index contributed by atoms with van der Waals surface area (Å²) in [4.78, 5) is 72.3. The highest BCUT2D eigenvalue weighted by Gasteiger charge is 2.57. The summed E-state index contributed by atoms with van der Waals surface area (Å²) in [6.07, 6.45) is -9.29. The van der Waals surface area contributed by atoms with E-state index >= 15 is 0 Å². The predicted octanol–water partition coefficient (Wildman–Crippen LogP) is 0.136. The Morgan fingerprint density at radius 1 is 0.743 bits per heavy atom. The number of carbonyl (C=O) groups is 6. The highest BCUT2D eigenvalue weighted by Crippen LogP contribution is 2.31. The molecule has 0 spiro atoms. The van der Waals surface area contributed by atoms with Crippen LogP contribution >= 0.6 is 0 Å². The summed E-state index contributed by atoms with van der Waals surface area (Å²) in [6.45, 7) is 8.84. The second kappa shape index (κ2) is 12.3. The lowest BCUT2D eigenvalue weighted by Gasteiger charge is -2.45. The van der Waals surface area contributed by atoms with Crippen molar-refractivity contribution < 1.29 is 61.9 Å². The molecule has 0 aromatic rings. The van der Waals surface area contributed by atoms with Gasteiger partial charge in [0.25, 0.3) is 0 Å². The summed E-state index contributed by atoms with van der Waals surface area (Å²) < 4.78 is 36.4. The monoisotopic (exact) mass is 505 g/mol. The van der Waals surface area contributed by atoms with Gasteiger partial charge in [0.05, 0.1) is 7.11 Å². The Kier molecular flexibility index (Phi) is 10.4. The average molecular weight is 505 g/mol. The fourth-order valence-corrected chi connectivity index (χ4v) is 3.17. The van der Waals surface area contributed by atoms with Crippen LogP contribution in [0, 0.1) is 0 Å². The third-order valence-corrected chi connectivity index (χ3v) is 4.18. The summed E-state index contributed by atoms with van der Waals surface area (Å²) in [6, 6.07) is -1.71. The lowest BCUT2D eigenvalue weighted by molar-refractivity contribution is -0.299. The van der Waals surface area contributed by atoms with E-state index in [1.807, 2.05) is 0 Å². The van der Waals surface area contributed by atoms with Crippen molar-refractivity contribution in [2.75, 3.05) is 7.11 Å². The number of methoxy groups -OCH3 is 1. The van der Waals surface area contributed by atoms with Gasteiger partial charge in [0.15, 0.2) is 18.2 Å². The maximum Gasteiger partial charge on any atom is 0.408 e. The number of amides is 1. The quantitative estimate of drug-likeness (QED) is 0.365. The molecule has 1 aliphatic heterocycles. The molecule has 1 fully saturated rings. The van der Waals surface area contributed by atoms with E-state index < -0.39 is 78.3 Å². The van der Waals surface area contributed by atoms with Gasteiger partial charge in [0, 0.05) is 27.7 Å². The zero-order chi connectivity index (χ0) is 27.1. The smallest absolute Gasteiger partial charge is 0.408 e. The third kappa shape index (κ3) is 9.39. The Bertz CT molecular complexity index is 834. The zero-order valence-electron chi connectivity index (χ0n) is 20.8. The van der Waals surface area contributed by atoms with Crippen molar-refractivity contribution >= 4 is 35.9 Å². The first-order valence-electron chi connectivity index (χ1n) is 10.5. The van der Waals surface area contributed by atoms with Gasteiger partial charge in [-0.2, -0.15) is 0 Å². The molecule has 1 aliphatic rings. The molecule has 1 heterocycles. The molecule has 6 atom stereocenters. The Labute approximate surface area is 201 Å². The van der Waals surface area contributed by atoms with Crippen LogP contribution < -0.4 is 5.32 Å². The van der Waals surface area contributed by atoms with Gasteiger partial charge in [-0.15, -0.1) is 0 Å². The Morgan fingerprint density at radius 2 is 1.20 bits per heavy atom. The molecule has 0 aliphatic carbocycles. The van der Waals surface area contributed by atoms with Crippen LogP contribution in [0.3, 0.4) is 0 Å². The Hall–Kier alpha value is -3.42. The molecule has 0 radical (unpaired) electrons. The summed E-state index contributed by atoms with van der Waals surface area (Å²) in [7, 11) is 1.02. The maximum absolute atomic E-state index is 12.6. The molecule has 14 nitrogen and oxygen atoms in total. The van der Waals surface area contributed by atoms with E-state index in [9.17, 15) is 28.8 Å². The van der Waals surface area contributed by atoms with Crippen LogP contribution in [-0.2, 0) is 57.1 Å². The minimum Gasteiger partial charge on any atom is -0.467 e. The van der Waals surface area contributed by atoms with Gasteiger partial charge >= 0.3 is 35.9 Å². The second-order valence-electron chi connectivity index (χ2n) is 8.45. The molecule has 14 heteroatoms. The average Bonchev–Trinajstić information content (AvgIpc) is 2.67. The first-order chi connectivity index (χ1) is 16.0. The lowest BCUT2D eigenvalue weighted by Crippen LogP contribution is -2.68. The van der Waals surface area contributed by atoms with Crippen LogP contribution in [0.4, 0.5) is 4.79 Å². The molecule has 1 N–H and O–H groups in total. The predicted molar refractivity (Wildman–Crippen MR) is 112 cm³/mol. The molecule has 1 saturated heterocycles. The van der Waals surface area contributed by atoms with Crippen molar-refractivity contribution in [3.8, 4) is 0 Å². The van der Waals surface area contributed by atoms with E-state index in [-0.39, 0.29) is 0 Å². The molecule has 1 amide bonds. The fraction of sp³-hybridized carbons (Fsp3) is 0.714. The van der Waals surface area contributed by atoms with Crippen LogP contribution in [0.5, 0.6) is 0 Å². The summed E-state index contributed by atoms with van der Waals surface area (Å²) in [5, 5.41) is 2.26. The number of alkyl carbamates (subject to hydrolysis) is 1. The van der Waals surface area contributed by atoms with Gasteiger partial charge in [-0.3, -0.25) is 19.2 Å². The van der Waals surface area contributed by atoms with Gasteiger partial charge in [0.2, 0.25) is 12.4 Å². The highest BCUT2D eigenvalue weighted by atomic mass is 16.7. The molecule has 198 valence electrons. The van der Waals surface area contributed by atoms with E-state index in [4.69, 9.17) is 33.2 Å². The molecule has 0 saturated carbocycles. The van der Waals surface area contributed by atoms with Gasteiger partial charge in [-0.25, -0.2) is 9.59 Å². The van der Waals surface area contributed by atoms with Crippen LogP contribution in [-0.4, -0.2) is 85.4 Å². The van der Waals surface area contributed by atoms with Gasteiger partial charge in [-0.1, -0.05) is 0 Å². The van der Waals surface area contributed by atoms with E-state index in [0.717, 1.165) is 34.8 Å². The molecule has 0 aromatic carbocycles. The summed E-state index contributed by atoms with van der Waals surface area (Å²) >= 11 is 0. The van der Waals surface area contributed by atoms with Crippen molar-refractivity contribution in [2.24, 2.45) is 0 Å².